The molecule has 0 aromatic heterocycles. The highest BCUT2D eigenvalue weighted by atomic mass is 79.9. The smallest absolute Gasteiger partial charge is 0.100 e. The molecule has 2 rings (SSSR count). The van der Waals surface area contributed by atoms with Crippen LogP contribution < -0.4 is 5.32 Å². The van der Waals surface area contributed by atoms with Crippen molar-refractivity contribution < 1.29 is 0 Å². The topological polar surface area (TPSA) is 35.8 Å². The number of anilines is 1. The van der Waals surface area contributed by atoms with E-state index in [1.54, 1.807) is 6.07 Å². The average molecular weight is 287 g/mol. The summed E-state index contributed by atoms with van der Waals surface area (Å²) in [7, 11) is 0. The summed E-state index contributed by atoms with van der Waals surface area (Å²) in [6, 6.07) is 17.9. The van der Waals surface area contributed by atoms with E-state index < -0.39 is 0 Å². The van der Waals surface area contributed by atoms with E-state index in [-0.39, 0.29) is 0 Å². The summed E-state index contributed by atoms with van der Waals surface area (Å²) < 4.78 is 0.818. The molecule has 0 amide bonds. The third-order valence-corrected chi connectivity index (χ3v) is 3.09. The van der Waals surface area contributed by atoms with Gasteiger partial charge >= 0.3 is 0 Å². The van der Waals surface area contributed by atoms with E-state index in [9.17, 15) is 0 Å². The number of halogens is 1. The Morgan fingerprint density at radius 2 is 1.88 bits per heavy atom. The standard InChI is InChI=1S/C14H11BrN2/c15-14-8-13(7-6-12(14)9-16)17-10-11-4-2-1-3-5-11/h1-8,17H,10H2. The maximum Gasteiger partial charge on any atom is 0.100 e. The first-order chi connectivity index (χ1) is 8.29. The highest BCUT2D eigenvalue weighted by molar-refractivity contribution is 9.10. The average Bonchev–Trinajstić information content (AvgIpc) is 2.38. The largest absolute Gasteiger partial charge is 0.381 e. The van der Waals surface area contributed by atoms with Gasteiger partial charge in [0.1, 0.15) is 6.07 Å². The van der Waals surface area contributed by atoms with Gasteiger partial charge in [0.05, 0.1) is 5.56 Å². The zero-order chi connectivity index (χ0) is 12.1. The summed E-state index contributed by atoms with van der Waals surface area (Å²) in [4.78, 5) is 0. The van der Waals surface area contributed by atoms with Gasteiger partial charge in [-0.25, -0.2) is 0 Å². The molecule has 1 N–H and O–H groups in total. The van der Waals surface area contributed by atoms with Crippen LogP contribution in [0.4, 0.5) is 5.69 Å². The van der Waals surface area contributed by atoms with Gasteiger partial charge in [0.2, 0.25) is 0 Å². The highest BCUT2D eigenvalue weighted by Crippen LogP contribution is 2.21. The Bertz CT molecular complexity index is 544. The molecule has 0 aliphatic rings. The first-order valence-electron chi connectivity index (χ1n) is 5.27. The lowest BCUT2D eigenvalue weighted by Gasteiger charge is -2.07. The lowest BCUT2D eigenvalue weighted by Crippen LogP contribution is -1.99. The predicted molar refractivity (Wildman–Crippen MR) is 72.6 cm³/mol. The van der Waals surface area contributed by atoms with Gasteiger partial charge in [0.15, 0.2) is 0 Å². The molecule has 0 fully saturated rings. The van der Waals surface area contributed by atoms with Gasteiger partial charge in [0.25, 0.3) is 0 Å². The van der Waals surface area contributed by atoms with Gasteiger partial charge in [-0.2, -0.15) is 5.26 Å². The Morgan fingerprint density at radius 3 is 2.53 bits per heavy atom. The Balaban J connectivity index is 2.06. The van der Waals surface area contributed by atoms with E-state index >= 15 is 0 Å². The molecule has 0 spiro atoms. The Kier molecular flexibility index (Phi) is 3.79. The van der Waals surface area contributed by atoms with Crippen LogP contribution in [-0.2, 0) is 6.54 Å². The number of rotatable bonds is 3. The second-order valence-corrected chi connectivity index (χ2v) is 4.50. The summed E-state index contributed by atoms with van der Waals surface area (Å²) >= 11 is 3.37. The maximum absolute atomic E-state index is 8.82. The molecule has 2 aromatic carbocycles. The van der Waals surface area contributed by atoms with Crippen LogP contribution >= 0.6 is 15.9 Å². The number of nitrogens with one attached hydrogen (secondary N) is 1. The van der Waals surface area contributed by atoms with Crippen molar-refractivity contribution in [3.63, 3.8) is 0 Å². The fraction of sp³-hybridized carbons (Fsp3) is 0.0714. The molecule has 0 atom stereocenters. The summed E-state index contributed by atoms with van der Waals surface area (Å²) in [5, 5.41) is 12.1. The van der Waals surface area contributed by atoms with E-state index in [0.717, 1.165) is 16.7 Å². The molecule has 0 saturated carbocycles. The van der Waals surface area contributed by atoms with E-state index in [1.807, 2.05) is 30.3 Å². The van der Waals surface area contributed by atoms with Gasteiger partial charge in [-0.3, -0.25) is 0 Å². The molecule has 0 heterocycles. The zero-order valence-electron chi connectivity index (χ0n) is 9.15. The first-order valence-corrected chi connectivity index (χ1v) is 6.06. The Morgan fingerprint density at radius 1 is 1.12 bits per heavy atom. The van der Waals surface area contributed by atoms with Crippen LogP contribution in [0.1, 0.15) is 11.1 Å². The van der Waals surface area contributed by atoms with Gasteiger partial charge in [0, 0.05) is 16.7 Å². The zero-order valence-corrected chi connectivity index (χ0v) is 10.7. The fourth-order valence-electron chi connectivity index (χ4n) is 1.52. The predicted octanol–water partition coefficient (Wildman–Crippen LogP) is 3.93. The Labute approximate surface area is 109 Å². The molecule has 17 heavy (non-hydrogen) atoms. The molecule has 0 aliphatic heterocycles. The minimum Gasteiger partial charge on any atom is -0.381 e. The molecule has 0 aliphatic carbocycles. The molecule has 0 radical (unpaired) electrons. The fourth-order valence-corrected chi connectivity index (χ4v) is 1.98. The third-order valence-electron chi connectivity index (χ3n) is 2.43. The minimum atomic E-state index is 0.648. The normalized spacial score (nSPS) is 9.65. The molecule has 0 saturated heterocycles. The van der Waals surface area contributed by atoms with E-state index in [4.69, 9.17) is 5.26 Å². The number of nitrogens with zero attached hydrogens (tertiary/aromatic N) is 1. The van der Waals surface area contributed by atoms with Gasteiger partial charge in [-0.15, -0.1) is 0 Å². The van der Waals surface area contributed by atoms with Gasteiger partial charge in [-0.05, 0) is 39.7 Å². The van der Waals surface area contributed by atoms with Crippen molar-refractivity contribution >= 4 is 21.6 Å². The van der Waals surface area contributed by atoms with Crippen LogP contribution in [0.25, 0.3) is 0 Å². The van der Waals surface area contributed by atoms with Crippen LogP contribution in [0.2, 0.25) is 0 Å². The summed E-state index contributed by atoms with van der Waals surface area (Å²) in [6.45, 7) is 0.777. The Hall–Kier alpha value is -1.79. The minimum absolute atomic E-state index is 0.648. The second-order valence-electron chi connectivity index (χ2n) is 3.65. The first kappa shape index (κ1) is 11.7. The van der Waals surface area contributed by atoms with E-state index in [2.05, 4.69) is 39.4 Å². The molecule has 2 nitrogen and oxygen atoms in total. The van der Waals surface area contributed by atoms with Crippen LogP contribution in [0.15, 0.2) is 53.0 Å². The van der Waals surface area contributed by atoms with Crippen LogP contribution in [-0.4, -0.2) is 0 Å². The monoisotopic (exact) mass is 286 g/mol. The highest BCUT2D eigenvalue weighted by Gasteiger charge is 2.00. The van der Waals surface area contributed by atoms with Crippen molar-refractivity contribution in [3.8, 4) is 6.07 Å². The van der Waals surface area contributed by atoms with Crippen LogP contribution in [0.5, 0.6) is 0 Å². The SMILES string of the molecule is N#Cc1ccc(NCc2ccccc2)cc1Br. The third kappa shape index (κ3) is 3.08. The van der Waals surface area contributed by atoms with Crippen molar-refractivity contribution in [2.75, 3.05) is 5.32 Å². The second kappa shape index (κ2) is 5.51. The molecular formula is C14H11BrN2. The van der Waals surface area contributed by atoms with Gasteiger partial charge in [-0.1, -0.05) is 30.3 Å². The summed E-state index contributed by atoms with van der Waals surface area (Å²) in [6.07, 6.45) is 0. The number of benzene rings is 2. The number of hydrogen-bond donors (Lipinski definition) is 1. The molecule has 84 valence electrons. The number of hydrogen-bond acceptors (Lipinski definition) is 2. The van der Waals surface area contributed by atoms with Crippen molar-refractivity contribution in [3.05, 3.63) is 64.1 Å². The molecular weight excluding hydrogens is 276 g/mol. The van der Waals surface area contributed by atoms with Gasteiger partial charge < -0.3 is 5.32 Å². The molecule has 3 heteroatoms. The quantitative estimate of drug-likeness (QED) is 0.928. The number of nitriles is 1. The molecule has 0 bridgehead atoms. The van der Waals surface area contributed by atoms with Crippen molar-refractivity contribution in [1.29, 1.82) is 5.26 Å². The maximum atomic E-state index is 8.82. The van der Waals surface area contributed by atoms with Crippen molar-refractivity contribution in [2.45, 2.75) is 6.54 Å². The van der Waals surface area contributed by atoms with Crippen LogP contribution in [0.3, 0.4) is 0 Å². The molecule has 0 unspecified atom stereocenters. The molecule has 2 aromatic rings. The lowest BCUT2D eigenvalue weighted by molar-refractivity contribution is 1.15. The summed E-state index contributed by atoms with van der Waals surface area (Å²) in [5.41, 5.74) is 2.88. The lowest BCUT2D eigenvalue weighted by atomic mass is 10.2. The van der Waals surface area contributed by atoms with E-state index in [1.165, 1.54) is 5.56 Å². The van der Waals surface area contributed by atoms with Crippen LogP contribution in [0, 0.1) is 11.3 Å². The van der Waals surface area contributed by atoms with Crippen molar-refractivity contribution in [1.82, 2.24) is 0 Å². The summed E-state index contributed by atoms with van der Waals surface area (Å²) in [5.74, 6) is 0. The van der Waals surface area contributed by atoms with E-state index in [0.29, 0.717) is 5.56 Å². The van der Waals surface area contributed by atoms with Crippen molar-refractivity contribution in [2.24, 2.45) is 0 Å².